The second kappa shape index (κ2) is 6.11. The summed E-state index contributed by atoms with van der Waals surface area (Å²) in [5.41, 5.74) is 0.316. The van der Waals surface area contributed by atoms with E-state index in [1.807, 2.05) is 0 Å². The highest BCUT2D eigenvalue weighted by molar-refractivity contribution is 7.53. The van der Waals surface area contributed by atoms with E-state index in [1.54, 1.807) is 32.0 Å². The summed E-state index contributed by atoms with van der Waals surface area (Å²) >= 11 is 0. The SMILES string of the molecule is CCO[P@](=O)(CC)O[C@H](O)c1ccccn1. The van der Waals surface area contributed by atoms with E-state index < -0.39 is 13.9 Å². The van der Waals surface area contributed by atoms with Crippen molar-refractivity contribution in [3.63, 3.8) is 0 Å². The van der Waals surface area contributed by atoms with E-state index in [4.69, 9.17) is 9.05 Å². The molecule has 0 unspecified atom stereocenters. The first-order valence-electron chi connectivity index (χ1n) is 5.12. The van der Waals surface area contributed by atoms with Crippen LogP contribution in [-0.4, -0.2) is 22.9 Å². The maximum Gasteiger partial charge on any atom is 0.333 e. The summed E-state index contributed by atoms with van der Waals surface area (Å²) < 4.78 is 22.0. The normalized spacial score (nSPS) is 16.7. The Hall–Kier alpha value is -0.740. The number of aliphatic hydroxyl groups excluding tert-OH is 1. The lowest BCUT2D eigenvalue weighted by atomic mass is 10.3. The molecule has 0 amide bonds. The maximum absolute atomic E-state index is 11.9. The lowest BCUT2D eigenvalue weighted by molar-refractivity contribution is -0.0335. The van der Waals surface area contributed by atoms with Crippen molar-refractivity contribution in [3.05, 3.63) is 30.1 Å². The Labute approximate surface area is 95.0 Å². The minimum Gasteiger partial charge on any atom is -0.363 e. The largest absolute Gasteiger partial charge is 0.363 e. The fourth-order valence-corrected chi connectivity index (χ4v) is 2.32. The van der Waals surface area contributed by atoms with Crippen molar-refractivity contribution in [2.45, 2.75) is 20.1 Å². The smallest absolute Gasteiger partial charge is 0.333 e. The van der Waals surface area contributed by atoms with Crippen LogP contribution in [0.4, 0.5) is 0 Å². The second-order valence-electron chi connectivity index (χ2n) is 3.06. The summed E-state index contributed by atoms with van der Waals surface area (Å²) in [4.78, 5) is 3.91. The van der Waals surface area contributed by atoms with Crippen LogP contribution in [0.2, 0.25) is 0 Å². The number of pyridine rings is 1. The van der Waals surface area contributed by atoms with Gasteiger partial charge in [0.1, 0.15) is 0 Å². The van der Waals surface area contributed by atoms with Crippen LogP contribution < -0.4 is 0 Å². The molecule has 0 aromatic carbocycles. The van der Waals surface area contributed by atoms with E-state index in [9.17, 15) is 9.67 Å². The van der Waals surface area contributed by atoms with Crippen LogP contribution in [0.5, 0.6) is 0 Å². The Bertz CT molecular complexity index is 357. The lowest BCUT2D eigenvalue weighted by Gasteiger charge is -2.19. The fourth-order valence-electron chi connectivity index (χ4n) is 1.12. The lowest BCUT2D eigenvalue weighted by Crippen LogP contribution is -2.06. The molecule has 5 nitrogen and oxygen atoms in total. The molecule has 1 N–H and O–H groups in total. The summed E-state index contributed by atoms with van der Waals surface area (Å²) in [5.74, 6) is 0. The van der Waals surface area contributed by atoms with Gasteiger partial charge in [0.15, 0.2) is 0 Å². The zero-order valence-corrected chi connectivity index (χ0v) is 10.3. The van der Waals surface area contributed by atoms with Gasteiger partial charge in [0.25, 0.3) is 0 Å². The number of nitrogens with zero attached hydrogens (tertiary/aromatic N) is 1. The third kappa shape index (κ3) is 3.68. The Morgan fingerprint density at radius 3 is 2.75 bits per heavy atom. The van der Waals surface area contributed by atoms with Gasteiger partial charge in [-0.2, -0.15) is 0 Å². The molecule has 16 heavy (non-hydrogen) atoms. The topological polar surface area (TPSA) is 68.7 Å². The molecule has 1 rings (SSSR count). The molecular weight excluding hydrogens is 229 g/mol. The van der Waals surface area contributed by atoms with Gasteiger partial charge in [-0.1, -0.05) is 13.0 Å². The molecule has 0 fully saturated rings. The minimum absolute atomic E-state index is 0.213. The van der Waals surface area contributed by atoms with Gasteiger partial charge in [0.2, 0.25) is 6.29 Å². The molecular formula is C10H16NO4P. The van der Waals surface area contributed by atoms with E-state index >= 15 is 0 Å². The van der Waals surface area contributed by atoms with Gasteiger partial charge in [-0.25, -0.2) is 0 Å². The molecule has 0 radical (unpaired) electrons. The number of rotatable bonds is 6. The molecule has 0 bridgehead atoms. The third-order valence-electron chi connectivity index (χ3n) is 1.91. The first-order valence-corrected chi connectivity index (χ1v) is 6.85. The Balaban J connectivity index is 2.70. The predicted molar refractivity (Wildman–Crippen MR) is 60.1 cm³/mol. The van der Waals surface area contributed by atoms with E-state index in [-0.39, 0.29) is 12.8 Å². The first-order chi connectivity index (χ1) is 7.61. The summed E-state index contributed by atoms with van der Waals surface area (Å²) in [5, 5.41) is 9.68. The zero-order chi connectivity index (χ0) is 12.0. The van der Waals surface area contributed by atoms with Crippen molar-refractivity contribution in [1.82, 2.24) is 4.98 Å². The Morgan fingerprint density at radius 2 is 2.25 bits per heavy atom. The van der Waals surface area contributed by atoms with Gasteiger partial charge in [-0.3, -0.25) is 14.1 Å². The molecule has 0 saturated carbocycles. The molecule has 2 atom stereocenters. The van der Waals surface area contributed by atoms with E-state index in [1.165, 1.54) is 6.20 Å². The molecule has 0 saturated heterocycles. The molecule has 0 aliphatic carbocycles. The van der Waals surface area contributed by atoms with E-state index in [0.717, 1.165) is 0 Å². The molecule has 0 spiro atoms. The van der Waals surface area contributed by atoms with Crippen molar-refractivity contribution in [3.8, 4) is 0 Å². The molecule has 0 aliphatic heterocycles. The highest BCUT2D eigenvalue weighted by atomic mass is 31.2. The average molecular weight is 245 g/mol. The number of aliphatic hydroxyl groups is 1. The van der Waals surface area contributed by atoms with E-state index in [0.29, 0.717) is 5.69 Å². The summed E-state index contributed by atoms with van der Waals surface area (Å²) in [6.45, 7) is 3.68. The molecule has 0 aliphatic rings. The maximum atomic E-state index is 11.9. The molecule has 1 aromatic heterocycles. The van der Waals surface area contributed by atoms with Crippen LogP contribution in [0.25, 0.3) is 0 Å². The highest BCUT2D eigenvalue weighted by Gasteiger charge is 2.26. The van der Waals surface area contributed by atoms with Crippen molar-refractivity contribution < 1.29 is 18.7 Å². The molecule has 6 heteroatoms. The number of hydrogen-bond donors (Lipinski definition) is 1. The zero-order valence-electron chi connectivity index (χ0n) is 9.37. The van der Waals surface area contributed by atoms with Gasteiger partial charge in [-0.15, -0.1) is 0 Å². The third-order valence-corrected chi connectivity index (χ3v) is 3.86. The van der Waals surface area contributed by atoms with Crippen molar-refractivity contribution >= 4 is 7.60 Å². The van der Waals surface area contributed by atoms with Crippen molar-refractivity contribution in [2.24, 2.45) is 0 Å². The fraction of sp³-hybridized carbons (Fsp3) is 0.500. The van der Waals surface area contributed by atoms with Crippen LogP contribution in [0.15, 0.2) is 24.4 Å². The Kier molecular flexibility index (Phi) is 5.09. The number of aromatic nitrogens is 1. The van der Waals surface area contributed by atoms with Crippen LogP contribution in [-0.2, 0) is 13.6 Å². The molecule has 1 aromatic rings. The van der Waals surface area contributed by atoms with Crippen LogP contribution in [0.3, 0.4) is 0 Å². The van der Waals surface area contributed by atoms with Crippen LogP contribution in [0, 0.1) is 0 Å². The van der Waals surface area contributed by atoms with Gasteiger partial charge in [0, 0.05) is 12.4 Å². The van der Waals surface area contributed by atoms with E-state index in [2.05, 4.69) is 4.98 Å². The summed E-state index contributed by atoms with van der Waals surface area (Å²) in [6.07, 6.45) is 0.419. The number of hydrogen-bond acceptors (Lipinski definition) is 5. The first kappa shape index (κ1) is 13.3. The highest BCUT2D eigenvalue weighted by Crippen LogP contribution is 2.50. The predicted octanol–water partition coefficient (Wildman–Crippen LogP) is 2.34. The van der Waals surface area contributed by atoms with Crippen molar-refractivity contribution in [1.29, 1.82) is 0 Å². The second-order valence-corrected chi connectivity index (χ2v) is 5.38. The Morgan fingerprint density at radius 1 is 1.50 bits per heavy atom. The van der Waals surface area contributed by atoms with Gasteiger partial charge in [0.05, 0.1) is 12.3 Å². The quantitative estimate of drug-likeness (QED) is 0.615. The minimum atomic E-state index is -3.21. The van der Waals surface area contributed by atoms with Gasteiger partial charge >= 0.3 is 7.60 Å². The summed E-state index contributed by atoms with van der Waals surface area (Å²) in [7, 11) is -3.21. The van der Waals surface area contributed by atoms with Crippen LogP contribution >= 0.6 is 7.60 Å². The summed E-state index contributed by atoms with van der Waals surface area (Å²) in [6, 6.07) is 5.03. The standard InChI is InChI=1S/C10H16NO4P/c1-3-14-16(13,4-2)15-10(12)9-7-5-6-8-11-9/h5-8,10,12H,3-4H2,1-2H3/t10-,16+/m0/s1. The van der Waals surface area contributed by atoms with Crippen LogP contribution in [0.1, 0.15) is 25.8 Å². The average Bonchev–Trinajstić information content (AvgIpc) is 2.30. The van der Waals surface area contributed by atoms with Crippen molar-refractivity contribution in [2.75, 3.05) is 12.8 Å². The monoisotopic (exact) mass is 245 g/mol. The molecule has 90 valence electrons. The molecule has 1 heterocycles. The van der Waals surface area contributed by atoms with Gasteiger partial charge < -0.3 is 9.63 Å². The van der Waals surface area contributed by atoms with Gasteiger partial charge in [-0.05, 0) is 19.1 Å².